The maximum absolute atomic E-state index is 11.8. The Labute approximate surface area is 126 Å². The van der Waals surface area contributed by atoms with E-state index in [9.17, 15) is 4.79 Å². The summed E-state index contributed by atoms with van der Waals surface area (Å²) in [6.07, 6.45) is 4.71. The predicted molar refractivity (Wildman–Crippen MR) is 81.0 cm³/mol. The monoisotopic (exact) mass is 294 g/mol. The Morgan fingerprint density at radius 3 is 2.81 bits per heavy atom. The molecule has 21 heavy (non-hydrogen) atoms. The highest BCUT2D eigenvalue weighted by atomic mass is 16.6. The Morgan fingerprint density at radius 2 is 2.19 bits per heavy atom. The summed E-state index contributed by atoms with van der Waals surface area (Å²) in [6.45, 7) is 10.9. The number of aryl methyl sites for hydroxylation is 1. The average molecular weight is 294 g/mol. The fourth-order valence-corrected chi connectivity index (χ4v) is 2.27. The lowest BCUT2D eigenvalue weighted by molar-refractivity contribution is 0.00510. The van der Waals surface area contributed by atoms with Gasteiger partial charge in [0.25, 0.3) is 0 Å². The molecule has 1 aromatic heterocycles. The molecule has 1 amide bonds. The van der Waals surface area contributed by atoms with Crippen LogP contribution in [0, 0.1) is 0 Å². The molecule has 0 spiro atoms. The highest BCUT2D eigenvalue weighted by molar-refractivity contribution is 5.69. The first kappa shape index (κ1) is 15.8. The number of ether oxygens (including phenoxy) is 1. The van der Waals surface area contributed by atoms with Gasteiger partial charge in [-0.05, 0) is 27.2 Å². The van der Waals surface area contributed by atoms with Crippen LogP contribution in [0.5, 0.6) is 0 Å². The van der Waals surface area contributed by atoms with Crippen molar-refractivity contribution < 1.29 is 9.53 Å². The third-order valence-electron chi connectivity index (χ3n) is 3.35. The Kier molecular flexibility index (Phi) is 4.88. The van der Waals surface area contributed by atoms with Gasteiger partial charge >= 0.3 is 6.09 Å². The summed E-state index contributed by atoms with van der Waals surface area (Å²) in [6, 6.07) is 0.323. The van der Waals surface area contributed by atoms with Gasteiger partial charge in [0.2, 0.25) is 0 Å². The van der Waals surface area contributed by atoms with E-state index in [1.54, 1.807) is 4.90 Å². The summed E-state index contributed by atoms with van der Waals surface area (Å²) < 4.78 is 7.50. The van der Waals surface area contributed by atoms with Crippen LogP contribution in [0.15, 0.2) is 12.4 Å². The molecular weight excluding hydrogens is 268 g/mol. The number of carbonyl (C=O) groups excluding carboxylic acids is 1. The summed E-state index contributed by atoms with van der Waals surface area (Å²) in [7, 11) is 0. The number of likely N-dealkylation sites (tertiary alicyclic amines) is 1. The number of amides is 1. The molecule has 2 rings (SSSR count). The van der Waals surface area contributed by atoms with Crippen molar-refractivity contribution >= 4 is 6.09 Å². The number of hydrogen-bond acceptors (Lipinski definition) is 4. The van der Waals surface area contributed by atoms with Crippen molar-refractivity contribution in [3.63, 3.8) is 0 Å². The molecule has 1 saturated heterocycles. The van der Waals surface area contributed by atoms with Gasteiger partial charge in [0.15, 0.2) is 0 Å². The number of carbonyl (C=O) groups is 1. The zero-order valence-corrected chi connectivity index (χ0v) is 13.4. The van der Waals surface area contributed by atoms with Gasteiger partial charge in [-0.2, -0.15) is 0 Å². The van der Waals surface area contributed by atoms with Crippen LogP contribution in [-0.2, 0) is 17.8 Å². The minimum Gasteiger partial charge on any atom is -0.444 e. The van der Waals surface area contributed by atoms with Gasteiger partial charge in [-0.15, -0.1) is 0 Å². The fourth-order valence-electron chi connectivity index (χ4n) is 2.27. The van der Waals surface area contributed by atoms with Crippen LogP contribution in [-0.4, -0.2) is 45.3 Å². The molecule has 1 aliphatic rings. The van der Waals surface area contributed by atoms with Crippen molar-refractivity contribution in [1.82, 2.24) is 19.8 Å². The first-order valence-corrected chi connectivity index (χ1v) is 7.60. The number of imidazole rings is 1. The SMILES string of the molecule is CCCn1ccnc1CNC1CN(C(=O)OC(C)(C)C)C1. The highest BCUT2D eigenvalue weighted by Gasteiger charge is 2.33. The van der Waals surface area contributed by atoms with Crippen LogP contribution >= 0.6 is 0 Å². The van der Waals surface area contributed by atoms with Crippen LogP contribution in [0.2, 0.25) is 0 Å². The molecule has 0 unspecified atom stereocenters. The van der Waals surface area contributed by atoms with E-state index in [4.69, 9.17) is 4.74 Å². The summed E-state index contributed by atoms with van der Waals surface area (Å²) in [4.78, 5) is 17.9. The lowest BCUT2D eigenvalue weighted by Gasteiger charge is -2.40. The van der Waals surface area contributed by atoms with Crippen molar-refractivity contribution in [3.05, 3.63) is 18.2 Å². The standard InChI is InChI=1S/C15H26N4O2/c1-5-7-18-8-6-16-13(18)9-17-12-10-19(11-12)14(20)21-15(2,3)4/h6,8,12,17H,5,7,9-11H2,1-4H3. The highest BCUT2D eigenvalue weighted by Crippen LogP contribution is 2.15. The molecule has 1 fully saturated rings. The lowest BCUT2D eigenvalue weighted by atomic mass is 10.1. The van der Waals surface area contributed by atoms with Gasteiger partial charge in [-0.1, -0.05) is 6.92 Å². The summed E-state index contributed by atoms with van der Waals surface area (Å²) in [5.41, 5.74) is -0.430. The number of nitrogens with zero attached hydrogens (tertiary/aromatic N) is 3. The second-order valence-corrected chi connectivity index (χ2v) is 6.50. The van der Waals surface area contributed by atoms with Crippen LogP contribution < -0.4 is 5.32 Å². The van der Waals surface area contributed by atoms with E-state index in [-0.39, 0.29) is 6.09 Å². The predicted octanol–water partition coefficient (Wildman–Crippen LogP) is 2.00. The zero-order chi connectivity index (χ0) is 15.5. The van der Waals surface area contributed by atoms with Gasteiger partial charge in [-0.3, -0.25) is 0 Å². The Balaban J connectivity index is 1.71. The molecule has 0 bridgehead atoms. The molecule has 1 N–H and O–H groups in total. The molecule has 1 aromatic rings. The molecule has 6 heteroatoms. The zero-order valence-electron chi connectivity index (χ0n) is 13.4. The maximum Gasteiger partial charge on any atom is 0.410 e. The lowest BCUT2D eigenvalue weighted by Crippen LogP contribution is -2.60. The molecule has 118 valence electrons. The minimum atomic E-state index is -0.430. The Morgan fingerprint density at radius 1 is 1.48 bits per heavy atom. The molecule has 0 atom stereocenters. The normalized spacial score (nSPS) is 15.9. The quantitative estimate of drug-likeness (QED) is 0.902. The van der Waals surface area contributed by atoms with Crippen LogP contribution in [0.1, 0.15) is 39.9 Å². The second-order valence-electron chi connectivity index (χ2n) is 6.50. The first-order valence-electron chi connectivity index (χ1n) is 7.60. The van der Waals surface area contributed by atoms with Crippen LogP contribution in [0.4, 0.5) is 4.79 Å². The van der Waals surface area contributed by atoms with E-state index < -0.39 is 5.60 Å². The van der Waals surface area contributed by atoms with Crippen molar-refractivity contribution in [1.29, 1.82) is 0 Å². The summed E-state index contributed by atoms with van der Waals surface area (Å²) in [5.74, 6) is 1.05. The molecule has 0 aliphatic carbocycles. The third-order valence-corrected chi connectivity index (χ3v) is 3.35. The van der Waals surface area contributed by atoms with Gasteiger partial charge in [0.1, 0.15) is 11.4 Å². The Hall–Kier alpha value is -1.56. The number of hydrogen-bond donors (Lipinski definition) is 1. The smallest absolute Gasteiger partial charge is 0.410 e. The van der Waals surface area contributed by atoms with E-state index >= 15 is 0 Å². The van der Waals surface area contributed by atoms with Crippen LogP contribution in [0.3, 0.4) is 0 Å². The molecule has 0 aromatic carbocycles. The van der Waals surface area contributed by atoms with E-state index in [1.165, 1.54) is 0 Å². The van der Waals surface area contributed by atoms with Crippen molar-refractivity contribution in [2.75, 3.05) is 13.1 Å². The molecular formula is C15H26N4O2. The minimum absolute atomic E-state index is 0.229. The molecule has 6 nitrogen and oxygen atoms in total. The topological polar surface area (TPSA) is 59.4 Å². The molecule has 1 aliphatic heterocycles. The first-order chi connectivity index (χ1) is 9.89. The summed E-state index contributed by atoms with van der Waals surface area (Å²) >= 11 is 0. The van der Waals surface area contributed by atoms with Gasteiger partial charge in [0.05, 0.1) is 6.54 Å². The van der Waals surface area contributed by atoms with E-state index in [0.29, 0.717) is 19.1 Å². The van der Waals surface area contributed by atoms with Crippen molar-refractivity contribution in [2.45, 2.75) is 58.8 Å². The second kappa shape index (κ2) is 6.47. The number of rotatable bonds is 5. The largest absolute Gasteiger partial charge is 0.444 e. The molecule has 0 saturated carbocycles. The summed E-state index contributed by atoms with van der Waals surface area (Å²) in [5, 5.41) is 3.44. The van der Waals surface area contributed by atoms with E-state index in [0.717, 1.165) is 25.3 Å². The van der Waals surface area contributed by atoms with Crippen molar-refractivity contribution in [3.8, 4) is 0 Å². The maximum atomic E-state index is 11.8. The Bertz CT molecular complexity index is 472. The number of aromatic nitrogens is 2. The molecule has 0 radical (unpaired) electrons. The van der Waals surface area contributed by atoms with Crippen LogP contribution in [0.25, 0.3) is 0 Å². The van der Waals surface area contributed by atoms with E-state index in [2.05, 4.69) is 21.8 Å². The van der Waals surface area contributed by atoms with Crippen molar-refractivity contribution in [2.24, 2.45) is 0 Å². The average Bonchev–Trinajstić information content (AvgIpc) is 2.72. The van der Waals surface area contributed by atoms with Gasteiger partial charge < -0.3 is 19.5 Å². The molecule has 2 heterocycles. The van der Waals surface area contributed by atoms with E-state index in [1.807, 2.05) is 33.2 Å². The third kappa shape index (κ3) is 4.46. The fraction of sp³-hybridized carbons (Fsp3) is 0.733. The van der Waals surface area contributed by atoms with Gasteiger partial charge in [-0.25, -0.2) is 9.78 Å². The van der Waals surface area contributed by atoms with Gasteiger partial charge in [0, 0.05) is 38.1 Å². The number of nitrogens with one attached hydrogen (secondary N) is 1.